The first-order valence-corrected chi connectivity index (χ1v) is 8.12. The number of nitrogens with zero attached hydrogens (tertiary/aromatic N) is 1. The quantitative estimate of drug-likeness (QED) is 0.786. The van der Waals surface area contributed by atoms with E-state index in [1.54, 1.807) is 11.3 Å². The number of thiophene rings is 1. The highest BCUT2D eigenvalue weighted by Crippen LogP contribution is 2.32. The monoisotopic (exact) mass is 295 g/mol. The van der Waals surface area contributed by atoms with Crippen LogP contribution in [0.5, 0.6) is 0 Å². The third-order valence-corrected chi connectivity index (χ3v) is 5.29. The summed E-state index contributed by atoms with van der Waals surface area (Å²) in [5.74, 6) is -0.744. The van der Waals surface area contributed by atoms with Gasteiger partial charge in [0.15, 0.2) is 5.78 Å². The third-order valence-electron chi connectivity index (χ3n) is 4.04. The van der Waals surface area contributed by atoms with Crippen LogP contribution >= 0.6 is 11.3 Å². The predicted molar refractivity (Wildman–Crippen MR) is 84.8 cm³/mol. The number of fused-ring (bicyclic) bond motifs is 1. The van der Waals surface area contributed by atoms with Crippen molar-refractivity contribution in [3.63, 3.8) is 0 Å². The summed E-state index contributed by atoms with van der Waals surface area (Å²) in [4.78, 5) is 14.7. The van der Waals surface area contributed by atoms with Crippen molar-refractivity contribution >= 4 is 17.1 Å². The van der Waals surface area contributed by atoms with Gasteiger partial charge in [-0.25, -0.2) is 0 Å². The molecule has 1 heterocycles. The van der Waals surface area contributed by atoms with Crippen LogP contribution in [0.15, 0.2) is 30.3 Å². The molecule has 2 nitrogen and oxygen atoms in total. The molecule has 1 aromatic heterocycles. The topological polar surface area (TPSA) is 40.9 Å². The maximum Gasteiger partial charge on any atom is 0.194 e. The Labute approximate surface area is 129 Å². The molecule has 0 bridgehead atoms. The van der Waals surface area contributed by atoms with Crippen molar-refractivity contribution in [1.29, 1.82) is 5.26 Å². The fourth-order valence-electron chi connectivity index (χ4n) is 2.80. The van der Waals surface area contributed by atoms with E-state index in [1.807, 2.05) is 37.3 Å². The highest BCUT2D eigenvalue weighted by Gasteiger charge is 2.25. The second kappa shape index (κ2) is 5.83. The van der Waals surface area contributed by atoms with Gasteiger partial charge < -0.3 is 0 Å². The zero-order valence-corrected chi connectivity index (χ0v) is 12.9. The Kier molecular flexibility index (Phi) is 3.90. The lowest BCUT2D eigenvalue weighted by atomic mass is 9.93. The Balaban J connectivity index is 1.90. The molecule has 0 spiro atoms. The Morgan fingerprint density at radius 3 is 2.62 bits per heavy atom. The predicted octanol–water partition coefficient (Wildman–Crippen LogP) is 4.43. The number of carbonyl (C=O) groups excluding carboxylic acids is 1. The fraction of sp³-hybridized carbons (Fsp3) is 0.333. The molecule has 0 N–H and O–H groups in total. The summed E-state index contributed by atoms with van der Waals surface area (Å²) in [5, 5.41) is 9.42. The van der Waals surface area contributed by atoms with E-state index >= 15 is 0 Å². The van der Waals surface area contributed by atoms with E-state index in [4.69, 9.17) is 0 Å². The number of rotatable bonds is 3. The molecule has 0 amide bonds. The van der Waals surface area contributed by atoms with Crippen molar-refractivity contribution in [1.82, 2.24) is 0 Å². The van der Waals surface area contributed by atoms with E-state index in [-0.39, 0.29) is 5.78 Å². The van der Waals surface area contributed by atoms with Gasteiger partial charge in [0.2, 0.25) is 0 Å². The summed E-state index contributed by atoms with van der Waals surface area (Å²) in [6.07, 6.45) is 4.56. The Morgan fingerprint density at radius 1 is 1.24 bits per heavy atom. The molecule has 1 aliphatic rings. The molecule has 21 heavy (non-hydrogen) atoms. The number of benzene rings is 1. The zero-order chi connectivity index (χ0) is 14.8. The number of hydrogen-bond donors (Lipinski definition) is 0. The van der Waals surface area contributed by atoms with Crippen LogP contribution in [0.1, 0.15) is 50.0 Å². The van der Waals surface area contributed by atoms with Crippen LogP contribution in [0.4, 0.5) is 0 Å². The normalized spacial score (nSPS) is 15.0. The average molecular weight is 295 g/mol. The molecule has 0 saturated carbocycles. The first kappa shape index (κ1) is 14.0. The highest BCUT2D eigenvalue weighted by molar-refractivity contribution is 7.14. The second-order valence-electron chi connectivity index (χ2n) is 5.60. The molecule has 3 heteroatoms. The number of Topliss-reactive ketones (excluding diaryl/α,β-unsaturated/α-hetero) is 1. The zero-order valence-electron chi connectivity index (χ0n) is 12.1. The summed E-state index contributed by atoms with van der Waals surface area (Å²) >= 11 is 1.58. The molecule has 3 rings (SSSR count). The molecule has 2 aromatic rings. The maximum atomic E-state index is 12.7. The maximum absolute atomic E-state index is 12.7. The standard InChI is InChI=1S/C18H17NOS/c1-12-6-8-13(9-7-12)15(11-19)18(20)17-10-14-4-2-3-5-16(14)21-17/h6-10,15H,2-5H2,1H3. The molecule has 106 valence electrons. The van der Waals surface area contributed by atoms with Crippen LogP contribution < -0.4 is 0 Å². The van der Waals surface area contributed by atoms with Gasteiger partial charge in [-0.15, -0.1) is 11.3 Å². The minimum absolute atomic E-state index is 0.0549. The SMILES string of the molecule is Cc1ccc(C(C#N)C(=O)c2cc3c(s2)CCCC3)cc1. The van der Waals surface area contributed by atoms with E-state index in [1.165, 1.54) is 23.3 Å². The van der Waals surface area contributed by atoms with Gasteiger partial charge in [0.05, 0.1) is 10.9 Å². The average Bonchev–Trinajstić information content (AvgIpc) is 2.93. The summed E-state index contributed by atoms with van der Waals surface area (Å²) in [7, 11) is 0. The summed E-state index contributed by atoms with van der Waals surface area (Å²) in [6, 6.07) is 11.9. The first-order valence-electron chi connectivity index (χ1n) is 7.31. The molecule has 0 saturated heterocycles. The first-order chi connectivity index (χ1) is 10.2. The van der Waals surface area contributed by atoms with Crippen molar-refractivity contribution in [2.45, 2.75) is 38.5 Å². The van der Waals surface area contributed by atoms with Gasteiger partial charge in [-0.3, -0.25) is 4.79 Å². The largest absolute Gasteiger partial charge is 0.291 e. The molecule has 1 aliphatic carbocycles. The van der Waals surface area contributed by atoms with E-state index in [2.05, 4.69) is 6.07 Å². The van der Waals surface area contributed by atoms with Crippen molar-refractivity contribution < 1.29 is 4.79 Å². The molecule has 1 atom stereocenters. The van der Waals surface area contributed by atoms with E-state index in [9.17, 15) is 10.1 Å². The molecular weight excluding hydrogens is 278 g/mol. The molecule has 0 aliphatic heterocycles. The molecular formula is C18H17NOS. The fourth-order valence-corrected chi connectivity index (χ4v) is 4.02. The Hall–Kier alpha value is -1.92. The number of aryl methyl sites for hydroxylation is 3. The third kappa shape index (κ3) is 2.77. The lowest BCUT2D eigenvalue weighted by Crippen LogP contribution is -2.09. The number of nitriles is 1. The summed E-state index contributed by atoms with van der Waals surface area (Å²) < 4.78 is 0. The van der Waals surface area contributed by atoms with Gasteiger partial charge in [0, 0.05) is 4.88 Å². The van der Waals surface area contributed by atoms with Gasteiger partial charge in [-0.1, -0.05) is 29.8 Å². The van der Waals surface area contributed by atoms with Crippen LogP contribution in [0.2, 0.25) is 0 Å². The molecule has 0 radical (unpaired) electrons. The van der Waals surface area contributed by atoms with E-state index in [0.717, 1.165) is 28.8 Å². The van der Waals surface area contributed by atoms with Crippen molar-refractivity contribution in [2.24, 2.45) is 0 Å². The van der Waals surface area contributed by atoms with Gasteiger partial charge in [0.25, 0.3) is 0 Å². The number of hydrogen-bond acceptors (Lipinski definition) is 3. The van der Waals surface area contributed by atoms with Crippen molar-refractivity contribution in [3.8, 4) is 6.07 Å². The van der Waals surface area contributed by atoms with Gasteiger partial charge in [-0.05, 0) is 49.8 Å². The summed E-state index contributed by atoms with van der Waals surface area (Å²) in [5.41, 5.74) is 3.24. The Morgan fingerprint density at radius 2 is 1.95 bits per heavy atom. The van der Waals surface area contributed by atoms with E-state index < -0.39 is 5.92 Å². The molecule has 0 fully saturated rings. The second-order valence-corrected chi connectivity index (χ2v) is 6.74. The van der Waals surface area contributed by atoms with E-state index in [0.29, 0.717) is 0 Å². The van der Waals surface area contributed by atoms with Crippen LogP contribution in [-0.4, -0.2) is 5.78 Å². The smallest absolute Gasteiger partial charge is 0.194 e. The minimum atomic E-state index is -0.689. The molecule has 1 unspecified atom stereocenters. The van der Waals surface area contributed by atoms with Crippen LogP contribution in [0.25, 0.3) is 0 Å². The van der Waals surface area contributed by atoms with Gasteiger partial charge >= 0.3 is 0 Å². The number of ketones is 1. The lowest BCUT2D eigenvalue weighted by Gasteiger charge is -2.08. The van der Waals surface area contributed by atoms with Crippen LogP contribution in [0, 0.1) is 18.3 Å². The van der Waals surface area contributed by atoms with Crippen LogP contribution in [0.3, 0.4) is 0 Å². The van der Waals surface area contributed by atoms with Gasteiger partial charge in [-0.2, -0.15) is 5.26 Å². The Bertz CT molecular complexity index is 682. The van der Waals surface area contributed by atoms with Crippen molar-refractivity contribution in [3.05, 3.63) is 56.8 Å². The number of carbonyl (C=O) groups is 1. The van der Waals surface area contributed by atoms with Gasteiger partial charge in [0.1, 0.15) is 5.92 Å². The molecule has 1 aromatic carbocycles. The lowest BCUT2D eigenvalue weighted by molar-refractivity contribution is 0.0982. The summed E-state index contributed by atoms with van der Waals surface area (Å²) in [6.45, 7) is 2.00. The van der Waals surface area contributed by atoms with Crippen molar-refractivity contribution in [2.75, 3.05) is 0 Å². The minimum Gasteiger partial charge on any atom is -0.291 e. The highest BCUT2D eigenvalue weighted by atomic mass is 32.1. The van der Waals surface area contributed by atoms with Crippen LogP contribution in [-0.2, 0) is 12.8 Å².